The van der Waals surface area contributed by atoms with Crippen LogP contribution in [0.1, 0.15) is 37.5 Å². The molecule has 0 aliphatic rings. The fraction of sp³-hybridized carbons (Fsp3) is 0.222. The topological polar surface area (TPSA) is 42.2 Å². The molecule has 6 heteroatoms. The molecule has 0 saturated heterocycles. The Morgan fingerprint density at radius 1 is 0.879 bits per heavy atom. The summed E-state index contributed by atoms with van der Waals surface area (Å²) in [4.78, 5) is 0. The van der Waals surface area contributed by atoms with Gasteiger partial charge in [-0.1, -0.05) is 63.2 Å². The lowest BCUT2D eigenvalue weighted by Crippen LogP contribution is -2.16. The van der Waals surface area contributed by atoms with Gasteiger partial charge in [-0.3, -0.25) is 0 Å². The van der Waals surface area contributed by atoms with Crippen LogP contribution in [0, 0.1) is 11.3 Å². The highest BCUT2D eigenvalue weighted by Crippen LogP contribution is 2.31. The summed E-state index contributed by atoms with van der Waals surface area (Å²) in [5, 5.41) is 8.94. The number of allylic oxidation sites excluding steroid dienone is 1. The van der Waals surface area contributed by atoms with Crippen molar-refractivity contribution in [1.82, 2.24) is 0 Å². The van der Waals surface area contributed by atoms with Crippen LogP contribution in [-0.2, 0) is 12.0 Å². The molecule has 0 aromatic heterocycles. The lowest BCUT2D eigenvalue weighted by molar-refractivity contribution is -0.274. The van der Waals surface area contributed by atoms with Gasteiger partial charge in [0, 0.05) is 11.6 Å². The highest BCUT2D eigenvalue weighted by molar-refractivity contribution is 5.71. The number of rotatable bonds is 6. The third-order valence-electron chi connectivity index (χ3n) is 4.98. The Bertz CT molecular complexity index is 1150. The van der Waals surface area contributed by atoms with E-state index in [1.807, 2.05) is 30.3 Å². The first-order valence-corrected chi connectivity index (χ1v) is 10.3. The maximum atomic E-state index is 12.4. The van der Waals surface area contributed by atoms with Crippen molar-refractivity contribution >= 4 is 6.08 Å². The van der Waals surface area contributed by atoms with Gasteiger partial charge in [0.2, 0.25) is 0 Å². The molecular weight excluding hydrogens is 427 g/mol. The van der Waals surface area contributed by atoms with Crippen LogP contribution in [0.5, 0.6) is 11.5 Å². The SMILES string of the molecule is CC(C)(C)c1ccc(COc2ccc(-c3ccc(OC(F)(F)F)cc3)cc2/C=C/C#N)cc1. The monoisotopic (exact) mass is 451 g/mol. The predicted octanol–water partition coefficient (Wildman–Crippen LogP) is 7.67. The lowest BCUT2D eigenvalue weighted by atomic mass is 9.87. The van der Waals surface area contributed by atoms with Crippen molar-refractivity contribution in [1.29, 1.82) is 5.26 Å². The standard InChI is InChI=1S/C27H24F3NO2/c1-26(2,3)23-11-6-19(7-12-23)18-32-25-15-10-21(17-22(25)5-4-16-31)20-8-13-24(14-9-20)33-27(28,29)30/h4-15,17H,18H2,1-3H3/b5-4+. The van der Waals surface area contributed by atoms with Gasteiger partial charge in [-0.2, -0.15) is 5.26 Å². The van der Waals surface area contributed by atoms with Gasteiger partial charge in [0.05, 0.1) is 6.07 Å². The molecule has 0 heterocycles. The minimum Gasteiger partial charge on any atom is -0.488 e. The smallest absolute Gasteiger partial charge is 0.488 e. The van der Waals surface area contributed by atoms with Crippen molar-refractivity contribution in [3.8, 4) is 28.7 Å². The molecule has 3 rings (SSSR count). The molecule has 0 saturated carbocycles. The van der Waals surface area contributed by atoms with Crippen LogP contribution in [0.4, 0.5) is 13.2 Å². The zero-order chi connectivity index (χ0) is 24.1. The van der Waals surface area contributed by atoms with E-state index < -0.39 is 6.36 Å². The molecule has 0 atom stereocenters. The van der Waals surface area contributed by atoms with Gasteiger partial charge in [0.25, 0.3) is 0 Å². The number of alkyl halides is 3. The molecule has 0 aliphatic carbocycles. The van der Waals surface area contributed by atoms with E-state index in [0.29, 0.717) is 23.5 Å². The van der Waals surface area contributed by atoms with Crippen LogP contribution in [0.25, 0.3) is 17.2 Å². The highest BCUT2D eigenvalue weighted by Gasteiger charge is 2.31. The van der Waals surface area contributed by atoms with Gasteiger partial charge < -0.3 is 9.47 Å². The van der Waals surface area contributed by atoms with Crippen molar-refractivity contribution in [2.75, 3.05) is 0 Å². The minimum absolute atomic E-state index is 0.0710. The van der Waals surface area contributed by atoms with Gasteiger partial charge >= 0.3 is 6.36 Å². The van der Waals surface area contributed by atoms with Crippen LogP contribution in [0.15, 0.2) is 72.8 Å². The number of hydrogen-bond acceptors (Lipinski definition) is 3. The van der Waals surface area contributed by atoms with E-state index in [2.05, 4.69) is 37.6 Å². The first-order chi connectivity index (χ1) is 15.5. The number of nitrogens with zero attached hydrogens (tertiary/aromatic N) is 1. The number of hydrogen-bond donors (Lipinski definition) is 0. The predicted molar refractivity (Wildman–Crippen MR) is 123 cm³/mol. The summed E-state index contributed by atoms with van der Waals surface area (Å²) in [6.45, 7) is 6.83. The van der Waals surface area contributed by atoms with Crippen molar-refractivity contribution < 1.29 is 22.6 Å². The molecule has 3 nitrogen and oxygen atoms in total. The molecule has 170 valence electrons. The van der Waals surface area contributed by atoms with E-state index in [9.17, 15) is 13.2 Å². The van der Waals surface area contributed by atoms with Gasteiger partial charge in [0.1, 0.15) is 18.1 Å². The summed E-state index contributed by atoms with van der Waals surface area (Å²) in [6, 6.07) is 21.3. The van der Waals surface area contributed by atoms with Crippen LogP contribution in [0.2, 0.25) is 0 Å². The zero-order valence-electron chi connectivity index (χ0n) is 18.6. The lowest BCUT2D eigenvalue weighted by Gasteiger charge is -2.19. The summed E-state index contributed by atoms with van der Waals surface area (Å²) in [5.74, 6) is 0.315. The molecule has 0 fully saturated rings. The molecule has 0 bridgehead atoms. The summed E-state index contributed by atoms with van der Waals surface area (Å²) in [7, 11) is 0. The third kappa shape index (κ3) is 6.88. The van der Waals surface area contributed by atoms with Gasteiger partial charge in [0.15, 0.2) is 0 Å². The van der Waals surface area contributed by atoms with Gasteiger partial charge in [-0.25, -0.2) is 0 Å². The Morgan fingerprint density at radius 3 is 2.09 bits per heavy atom. The number of ether oxygens (including phenoxy) is 2. The first-order valence-electron chi connectivity index (χ1n) is 10.3. The molecule has 0 aliphatic heterocycles. The number of benzene rings is 3. The van der Waals surface area contributed by atoms with E-state index in [1.165, 1.54) is 23.8 Å². The van der Waals surface area contributed by atoms with Gasteiger partial charge in [-0.05, 0) is 58.0 Å². The Balaban J connectivity index is 1.79. The number of nitriles is 1. The Kier molecular flexibility index (Phi) is 7.13. The molecule has 0 amide bonds. The number of halogens is 3. The molecule has 3 aromatic rings. The largest absolute Gasteiger partial charge is 0.573 e. The Morgan fingerprint density at radius 2 is 1.52 bits per heavy atom. The second kappa shape index (κ2) is 9.83. The molecule has 0 unspecified atom stereocenters. The van der Waals surface area contributed by atoms with Gasteiger partial charge in [-0.15, -0.1) is 13.2 Å². The van der Waals surface area contributed by atoms with E-state index in [-0.39, 0.29) is 11.2 Å². The average Bonchev–Trinajstić information content (AvgIpc) is 2.75. The molecule has 33 heavy (non-hydrogen) atoms. The maximum Gasteiger partial charge on any atom is 0.573 e. The quantitative estimate of drug-likeness (QED) is 0.361. The van der Waals surface area contributed by atoms with E-state index in [0.717, 1.165) is 11.1 Å². The van der Waals surface area contributed by atoms with Crippen molar-refractivity contribution in [3.63, 3.8) is 0 Å². The summed E-state index contributed by atoms with van der Waals surface area (Å²) >= 11 is 0. The van der Waals surface area contributed by atoms with Crippen molar-refractivity contribution in [3.05, 3.63) is 89.5 Å². The molecule has 0 N–H and O–H groups in total. The third-order valence-corrected chi connectivity index (χ3v) is 4.98. The highest BCUT2D eigenvalue weighted by atomic mass is 19.4. The van der Waals surface area contributed by atoms with E-state index in [4.69, 9.17) is 10.00 Å². The molecule has 0 radical (unpaired) electrons. The maximum absolute atomic E-state index is 12.4. The van der Waals surface area contributed by atoms with Crippen molar-refractivity contribution in [2.45, 2.75) is 39.2 Å². The first kappa shape index (κ1) is 23.9. The Labute approximate surface area is 191 Å². The van der Waals surface area contributed by atoms with Crippen LogP contribution >= 0.6 is 0 Å². The molecular formula is C27H24F3NO2. The second-order valence-electron chi connectivity index (χ2n) is 8.52. The normalized spacial score (nSPS) is 11.9. The fourth-order valence-electron chi connectivity index (χ4n) is 3.23. The van der Waals surface area contributed by atoms with Crippen LogP contribution in [0.3, 0.4) is 0 Å². The van der Waals surface area contributed by atoms with Crippen LogP contribution < -0.4 is 9.47 Å². The fourth-order valence-corrected chi connectivity index (χ4v) is 3.23. The zero-order valence-corrected chi connectivity index (χ0v) is 18.6. The average molecular weight is 451 g/mol. The minimum atomic E-state index is -4.73. The van der Waals surface area contributed by atoms with E-state index in [1.54, 1.807) is 24.3 Å². The summed E-state index contributed by atoms with van der Waals surface area (Å²) in [6.07, 6.45) is -1.74. The van der Waals surface area contributed by atoms with Crippen LogP contribution in [-0.4, -0.2) is 6.36 Å². The second-order valence-corrected chi connectivity index (χ2v) is 8.52. The van der Waals surface area contributed by atoms with Crippen molar-refractivity contribution in [2.24, 2.45) is 0 Å². The van der Waals surface area contributed by atoms with E-state index >= 15 is 0 Å². The molecule has 0 spiro atoms. The molecule has 3 aromatic carbocycles. The summed E-state index contributed by atoms with van der Waals surface area (Å²) < 4.78 is 47.1. The summed E-state index contributed by atoms with van der Waals surface area (Å²) in [5.41, 5.74) is 4.49. The Hall–Kier alpha value is -3.72.